The number of aliphatic hydroxyl groups is 1. The number of carboxylic acid groups (broad SMARTS) is 1. The molecule has 5 nitrogen and oxygen atoms in total. The van der Waals surface area contributed by atoms with Crippen LogP contribution in [0.5, 0.6) is 0 Å². The van der Waals surface area contributed by atoms with E-state index in [0.29, 0.717) is 0 Å². The Hall–Kier alpha value is 1.54. The van der Waals surface area contributed by atoms with Gasteiger partial charge in [0.05, 0.1) is 0 Å². The number of hydrogen-bond acceptors (Lipinski definition) is 3. The molecule has 0 radical (unpaired) electrons. The summed E-state index contributed by atoms with van der Waals surface area (Å²) < 4.78 is 18.0. The van der Waals surface area contributed by atoms with Gasteiger partial charge in [0.2, 0.25) is 0 Å². The third-order valence-electron chi connectivity index (χ3n) is 0.737. The zero-order valence-electron chi connectivity index (χ0n) is 8.57. The minimum absolute atomic E-state index is 0. The van der Waals surface area contributed by atoms with E-state index in [9.17, 15) is 9.00 Å². The van der Waals surface area contributed by atoms with E-state index in [1.165, 1.54) is 0 Å². The maximum Gasteiger partial charge on any atom is 1.00 e. The van der Waals surface area contributed by atoms with Gasteiger partial charge in [0.25, 0.3) is 4.93 Å². The Morgan fingerprint density at radius 2 is 1.82 bits per heavy atom. The molecule has 2 unspecified atom stereocenters. The van der Waals surface area contributed by atoms with Crippen molar-refractivity contribution in [2.75, 3.05) is 0 Å². The SMILES string of the molecule is CC(O)(C(=O)O)S(=O)O.[H-].[H-].[Na+].[Na+]. The Balaban J connectivity index is -0.0000000533. The van der Waals surface area contributed by atoms with Crippen LogP contribution in [-0.4, -0.2) is 29.9 Å². The van der Waals surface area contributed by atoms with Crippen LogP contribution in [0, 0.1) is 0 Å². The van der Waals surface area contributed by atoms with Crippen LogP contribution in [0.2, 0.25) is 0 Å². The van der Waals surface area contributed by atoms with Gasteiger partial charge in [-0.2, -0.15) is 0 Å². The third kappa shape index (κ3) is 5.73. The second kappa shape index (κ2) is 6.99. The molecule has 0 aromatic heterocycles. The molecule has 0 spiro atoms. The van der Waals surface area contributed by atoms with Crippen LogP contribution < -0.4 is 59.1 Å². The molecule has 0 aliphatic carbocycles. The molecular weight excluding hydrogens is 194 g/mol. The standard InChI is InChI=1S/C3H6O5S.2Na.2H/c1-3(6,2(4)5)9(7)8;;;;/h6H,1H3,(H,4,5)(H,7,8);;;;/q;2*+1;2*-1. The van der Waals surface area contributed by atoms with E-state index in [1.807, 2.05) is 0 Å². The van der Waals surface area contributed by atoms with Crippen LogP contribution in [0.3, 0.4) is 0 Å². The number of carboxylic acids is 1. The predicted molar refractivity (Wildman–Crippen MR) is 31.3 cm³/mol. The first kappa shape index (κ1) is 18.3. The van der Waals surface area contributed by atoms with Crippen LogP contribution in [0.1, 0.15) is 9.78 Å². The smallest absolute Gasteiger partial charge is 1.00 e. The second-order valence-corrected chi connectivity index (χ2v) is 2.83. The van der Waals surface area contributed by atoms with Crippen molar-refractivity contribution in [3.05, 3.63) is 0 Å². The van der Waals surface area contributed by atoms with Crippen LogP contribution in [-0.2, 0) is 15.9 Å². The molecule has 0 fully saturated rings. The topological polar surface area (TPSA) is 94.8 Å². The van der Waals surface area contributed by atoms with Crippen LogP contribution >= 0.6 is 0 Å². The Morgan fingerprint density at radius 3 is 1.82 bits per heavy atom. The fourth-order valence-corrected chi connectivity index (χ4v) is 0.224. The van der Waals surface area contributed by atoms with Gasteiger partial charge in [0.15, 0.2) is 11.1 Å². The maximum atomic E-state index is 9.94. The van der Waals surface area contributed by atoms with Crippen molar-refractivity contribution in [1.29, 1.82) is 0 Å². The van der Waals surface area contributed by atoms with E-state index in [-0.39, 0.29) is 62.0 Å². The van der Waals surface area contributed by atoms with Crippen molar-refractivity contribution in [2.45, 2.75) is 11.9 Å². The zero-order chi connectivity index (χ0) is 7.65. The van der Waals surface area contributed by atoms with Crippen molar-refractivity contribution in [1.82, 2.24) is 0 Å². The summed E-state index contributed by atoms with van der Waals surface area (Å²) in [7, 11) is 0. The van der Waals surface area contributed by atoms with Gasteiger partial charge in [-0.3, -0.25) is 0 Å². The summed E-state index contributed by atoms with van der Waals surface area (Å²) in [5, 5.41) is 16.5. The van der Waals surface area contributed by atoms with Crippen molar-refractivity contribution in [3.8, 4) is 0 Å². The van der Waals surface area contributed by atoms with Crippen molar-refractivity contribution in [3.63, 3.8) is 0 Å². The first-order valence-electron chi connectivity index (χ1n) is 1.95. The monoisotopic (exact) mass is 202 g/mol. The summed E-state index contributed by atoms with van der Waals surface area (Å²) in [5.41, 5.74) is 0. The Morgan fingerprint density at radius 1 is 1.55 bits per heavy atom. The van der Waals surface area contributed by atoms with E-state index in [4.69, 9.17) is 14.8 Å². The van der Waals surface area contributed by atoms with Gasteiger partial charge in [0, 0.05) is 0 Å². The van der Waals surface area contributed by atoms with E-state index in [0.717, 1.165) is 6.92 Å². The quantitative estimate of drug-likeness (QED) is 0.305. The summed E-state index contributed by atoms with van der Waals surface area (Å²) in [6.07, 6.45) is 0. The third-order valence-corrected chi connectivity index (χ3v) is 1.59. The minimum Gasteiger partial charge on any atom is -1.00 e. The van der Waals surface area contributed by atoms with E-state index in [2.05, 4.69) is 0 Å². The number of hydrogen-bond donors (Lipinski definition) is 3. The van der Waals surface area contributed by atoms with E-state index < -0.39 is 22.0 Å². The van der Waals surface area contributed by atoms with Gasteiger partial charge in [-0.05, 0) is 6.92 Å². The Kier molecular flexibility index (Phi) is 11.7. The average Bonchev–Trinajstić information content (AvgIpc) is 1.65. The summed E-state index contributed by atoms with van der Waals surface area (Å²) in [4.78, 5) is 7.30. The summed E-state index contributed by atoms with van der Waals surface area (Å²) in [6.45, 7) is 0.742. The fraction of sp³-hybridized carbons (Fsp3) is 0.667. The number of aliphatic carboxylic acids is 1. The van der Waals surface area contributed by atoms with Crippen LogP contribution in [0.25, 0.3) is 0 Å². The predicted octanol–water partition coefficient (Wildman–Crippen LogP) is -6.77. The summed E-state index contributed by atoms with van der Waals surface area (Å²) in [6, 6.07) is 0. The molecule has 0 amide bonds. The van der Waals surface area contributed by atoms with E-state index >= 15 is 0 Å². The molecule has 0 aliphatic rings. The molecule has 3 N–H and O–H groups in total. The number of rotatable bonds is 2. The molecule has 58 valence electrons. The average molecular weight is 202 g/mol. The van der Waals surface area contributed by atoms with E-state index in [1.54, 1.807) is 0 Å². The second-order valence-electron chi connectivity index (χ2n) is 1.54. The molecule has 2 atom stereocenters. The van der Waals surface area contributed by atoms with Gasteiger partial charge < -0.3 is 17.6 Å². The van der Waals surface area contributed by atoms with Crippen LogP contribution in [0.15, 0.2) is 0 Å². The molecule has 11 heavy (non-hydrogen) atoms. The summed E-state index contributed by atoms with van der Waals surface area (Å²) in [5.74, 6) is -1.72. The molecule has 0 aromatic rings. The van der Waals surface area contributed by atoms with Crippen molar-refractivity contribution >= 4 is 17.0 Å². The molecule has 0 saturated carbocycles. The van der Waals surface area contributed by atoms with Gasteiger partial charge >= 0.3 is 65.1 Å². The molecule has 0 rings (SSSR count). The molecule has 0 bridgehead atoms. The molecule has 0 saturated heterocycles. The number of carbonyl (C=O) groups is 1. The maximum absolute atomic E-state index is 9.94. The molecular formula is C3H8Na2O5S. The molecule has 8 heteroatoms. The van der Waals surface area contributed by atoms with Crippen molar-refractivity contribution in [2.24, 2.45) is 0 Å². The Labute approximate surface area is 113 Å². The van der Waals surface area contributed by atoms with Crippen molar-refractivity contribution < 1.29 is 85.7 Å². The molecule has 0 aromatic carbocycles. The Bertz CT molecular complexity index is 150. The van der Waals surface area contributed by atoms with Crippen LogP contribution in [0.4, 0.5) is 0 Å². The van der Waals surface area contributed by atoms with Gasteiger partial charge in [-0.15, -0.1) is 0 Å². The van der Waals surface area contributed by atoms with Gasteiger partial charge in [0.1, 0.15) is 0 Å². The van der Waals surface area contributed by atoms with Gasteiger partial charge in [-0.25, -0.2) is 9.00 Å². The van der Waals surface area contributed by atoms with Gasteiger partial charge in [-0.1, -0.05) is 0 Å². The normalized spacial score (nSPS) is 16.6. The first-order valence-corrected chi connectivity index (χ1v) is 3.06. The zero-order valence-corrected chi connectivity index (χ0v) is 11.4. The summed E-state index contributed by atoms with van der Waals surface area (Å²) >= 11 is -2.75. The fourth-order valence-electron chi connectivity index (χ4n) is 0.0747. The largest absolute Gasteiger partial charge is 1.00 e. The minimum atomic E-state index is -2.75. The first-order chi connectivity index (χ1) is 3.89. The molecule has 0 aliphatic heterocycles. The molecule has 0 heterocycles.